The summed E-state index contributed by atoms with van der Waals surface area (Å²) in [6, 6.07) is 0. The van der Waals surface area contributed by atoms with Crippen LogP contribution in [0.3, 0.4) is 0 Å². The number of rotatable bonds is 0. The Balaban J connectivity index is 1.98. The lowest BCUT2D eigenvalue weighted by atomic mass is 9.92. The lowest BCUT2D eigenvalue weighted by Gasteiger charge is -2.29. The van der Waals surface area contributed by atoms with E-state index in [1.165, 1.54) is 0 Å². The molecular weight excluding hydrogens is 139 g/mol. The zero-order chi connectivity index (χ0) is 6.97. The summed E-state index contributed by atoms with van der Waals surface area (Å²) < 4.78 is 23.3. The molecule has 10 heteroatoms. The number of hydrogen-bond donors (Lipinski definition) is 1. The largest absolute Gasteiger partial charge is 0.612 e. The molecule has 2 rings (SSSR count). The van der Waals surface area contributed by atoms with Crippen LogP contribution < -0.4 is 0 Å². The third-order valence-corrected chi connectivity index (χ3v) is 1.09. The highest BCUT2D eigenvalue weighted by Crippen LogP contribution is 2.11. The Morgan fingerprint density at radius 1 is 1.00 bits per heavy atom. The third-order valence-electron chi connectivity index (χ3n) is 1.09. The first-order chi connectivity index (χ1) is 4.84. The molecule has 1 N–H and O–H groups in total. The molecule has 2 saturated heterocycles. The Labute approximate surface area is 58.6 Å². The molecule has 0 unspecified atom stereocenters. The van der Waals surface area contributed by atoms with Crippen molar-refractivity contribution in [2.45, 2.75) is 0 Å². The summed E-state index contributed by atoms with van der Waals surface area (Å²) in [5.41, 5.74) is 0. The van der Waals surface area contributed by atoms with Crippen molar-refractivity contribution in [3.63, 3.8) is 0 Å². The van der Waals surface area contributed by atoms with Crippen LogP contribution in [0.1, 0.15) is 0 Å². The first-order valence-corrected chi connectivity index (χ1v) is 2.72. The Morgan fingerprint density at radius 2 is 1.60 bits per heavy atom. The van der Waals surface area contributed by atoms with E-state index in [0.717, 1.165) is 0 Å². The molecule has 2 fully saturated rings. The second-order valence-electron chi connectivity index (χ2n) is 1.74. The van der Waals surface area contributed by atoms with Crippen molar-refractivity contribution in [2.75, 3.05) is 0 Å². The van der Waals surface area contributed by atoms with E-state index < -0.39 is 22.0 Å². The van der Waals surface area contributed by atoms with Gasteiger partial charge in [0, 0.05) is 0 Å². The van der Waals surface area contributed by atoms with Crippen LogP contribution in [0.15, 0.2) is 0 Å². The SMILES string of the molecule is OB1OB2OBOB(O1)O2. The van der Waals surface area contributed by atoms with Crippen molar-refractivity contribution >= 4 is 29.6 Å². The Bertz CT molecular complexity index is 111. The molecule has 50 valence electrons. The maximum absolute atomic E-state index is 8.73. The van der Waals surface area contributed by atoms with Crippen molar-refractivity contribution in [2.24, 2.45) is 0 Å². The monoisotopic (exact) mass is 142 g/mol. The minimum atomic E-state index is -1.33. The van der Waals surface area contributed by atoms with Crippen molar-refractivity contribution < 1.29 is 27.9 Å². The van der Waals surface area contributed by atoms with E-state index in [9.17, 15) is 0 Å². The summed E-state index contributed by atoms with van der Waals surface area (Å²) in [5.74, 6) is 0. The van der Waals surface area contributed by atoms with E-state index >= 15 is 0 Å². The summed E-state index contributed by atoms with van der Waals surface area (Å²) in [5, 5.41) is 8.73. The molecule has 10 heavy (non-hydrogen) atoms. The number of hydrogen-bond acceptors (Lipinski definition) is 6. The zero-order valence-electron chi connectivity index (χ0n) is 4.93. The fraction of sp³-hybridized carbons (Fsp3) is 0. The van der Waals surface area contributed by atoms with Gasteiger partial charge in [-0.25, -0.2) is 0 Å². The van der Waals surface area contributed by atoms with Gasteiger partial charge in [-0.15, -0.1) is 0 Å². The maximum atomic E-state index is 8.73. The van der Waals surface area contributed by atoms with Gasteiger partial charge in [-0.2, -0.15) is 0 Å². The summed E-state index contributed by atoms with van der Waals surface area (Å²) in [6.07, 6.45) is 0. The first-order valence-electron chi connectivity index (χ1n) is 2.72. The van der Waals surface area contributed by atoms with Crippen LogP contribution in [0.5, 0.6) is 0 Å². The average Bonchev–Trinajstić information content (AvgIpc) is 1.85. The van der Waals surface area contributed by atoms with Gasteiger partial charge in [0.25, 0.3) is 0 Å². The fourth-order valence-corrected chi connectivity index (χ4v) is 0.685. The molecule has 2 aliphatic rings. The standard InChI is InChI=1S/B4H2O6/c5-2-8-3-6-1-7-4(9-2)10-3/h1,5H. The molecule has 0 saturated carbocycles. The second kappa shape index (κ2) is 2.57. The van der Waals surface area contributed by atoms with Crippen LogP contribution in [0.25, 0.3) is 0 Å². The van der Waals surface area contributed by atoms with Crippen LogP contribution >= 0.6 is 0 Å². The van der Waals surface area contributed by atoms with Crippen LogP contribution in [0.4, 0.5) is 0 Å². The van der Waals surface area contributed by atoms with Gasteiger partial charge < -0.3 is 27.9 Å². The van der Waals surface area contributed by atoms with Crippen LogP contribution in [0.2, 0.25) is 0 Å². The van der Waals surface area contributed by atoms with Crippen LogP contribution in [0, 0.1) is 0 Å². The van der Waals surface area contributed by atoms with Gasteiger partial charge in [0.05, 0.1) is 0 Å². The lowest BCUT2D eigenvalue weighted by molar-refractivity contribution is 0.112. The van der Waals surface area contributed by atoms with Gasteiger partial charge >= 0.3 is 29.6 Å². The highest BCUT2D eigenvalue weighted by atomic mass is 16.9. The zero-order valence-corrected chi connectivity index (χ0v) is 4.93. The lowest BCUT2D eigenvalue weighted by Crippen LogP contribution is -2.56. The van der Waals surface area contributed by atoms with Gasteiger partial charge in [-0.05, 0) is 0 Å². The minimum absolute atomic E-state index is 0.0437. The second-order valence-corrected chi connectivity index (χ2v) is 1.74. The highest BCUT2D eigenvalue weighted by Gasteiger charge is 2.47. The molecule has 2 bridgehead atoms. The number of fused-ring (bicyclic) bond motifs is 2. The van der Waals surface area contributed by atoms with Crippen molar-refractivity contribution in [1.29, 1.82) is 0 Å². The fourth-order valence-electron chi connectivity index (χ4n) is 0.685. The van der Waals surface area contributed by atoms with E-state index in [0.29, 0.717) is 0 Å². The molecular formula is H2B4O6. The highest BCUT2D eigenvalue weighted by molar-refractivity contribution is 6.72. The molecule has 0 amide bonds. The van der Waals surface area contributed by atoms with Crippen molar-refractivity contribution in [3.8, 4) is 0 Å². The predicted molar refractivity (Wildman–Crippen MR) is 32.1 cm³/mol. The van der Waals surface area contributed by atoms with E-state index in [1.54, 1.807) is 0 Å². The van der Waals surface area contributed by atoms with Crippen molar-refractivity contribution in [3.05, 3.63) is 0 Å². The molecule has 0 aromatic carbocycles. The molecule has 0 aromatic rings. The first kappa shape index (κ1) is 6.71. The summed E-state index contributed by atoms with van der Waals surface area (Å²) >= 11 is 0. The van der Waals surface area contributed by atoms with Gasteiger partial charge in [-0.1, -0.05) is 0 Å². The van der Waals surface area contributed by atoms with E-state index in [2.05, 4.69) is 9.14 Å². The summed E-state index contributed by atoms with van der Waals surface area (Å²) in [6.45, 7) is 0. The maximum Gasteiger partial charge on any atom is 0.612 e. The van der Waals surface area contributed by atoms with Gasteiger partial charge in [0.15, 0.2) is 0 Å². The molecule has 0 aromatic heterocycles. The Hall–Kier alpha value is 0.0197. The quantitative estimate of drug-likeness (QED) is 0.371. The van der Waals surface area contributed by atoms with E-state index in [-0.39, 0.29) is 7.69 Å². The minimum Gasteiger partial charge on any atom is -0.430 e. The topological polar surface area (TPSA) is 66.4 Å². The molecule has 6 nitrogen and oxygen atoms in total. The van der Waals surface area contributed by atoms with Crippen LogP contribution in [-0.4, -0.2) is 34.7 Å². The predicted octanol–water partition coefficient (Wildman–Crippen LogP) is -2.69. The van der Waals surface area contributed by atoms with Gasteiger partial charge in [0.1, 0.15) is 0 Å². The Kier molecular flexibility index (Phi) is 1.73. The summed E-state index contributed by atoms with van der Waals surface area (Å²) in [7, 11) is -3.03. The molecule has 0 spiro atoms. The van der Waals surface area contributed by atoms with Crippen LogP contribution in [-0.2, 0) is 22.9 Å². The van der Waals surface area contributed by atoms with E-state index in [4.69, 9.17) is 18.7 Å². The normalized spacial score (nSPS) is 24.7. The molecule has 0 radical (unpaired) electrons. The smallest absolute Gasteiger partial charge is 0.430 e. The van der Waals surface area contributed by atoms with Gasteiger partial charge in [0.2, 0.25) is 0 Å². The van der Waals surface area contributed by atoms with Crippen molar-refractivity contribution in [1.82, 2.24) is 0 Å². The van der Waals surface area contributed by atoms with Gasteiger partial charge in [-0.3, -0.25) is 0 Å². The molecule has 2 heterocycles. The summed E-state index contributed by atoms with van der Waals surface area (Å²) in [4.78, 5) is 0. The third kappa shape index (κ3) is 1.22. The molecule has 0 aliphatic carbocycles. The Morgan fingerprint density at radius 3 is 2.20 bits per heavy atom. The molecule has 2 aliphatic heterocycles. The van der Waals surface area contributed by atoms with E-state index in [1.807, 2.05) is 0 Å². The average molecular weight is 141 g/mol. The molecule has 0 atom stereocenters.